The Hall–Kier alpha value is -2.20. The standard InChI is InChI=1S/C15H11NO2S/c17-12(14-7-3-9-19-14)10-18-13-6-1-4-11-5-2-8-16-15(11)13/h1-9H,10H2. The number of aromatic nitrogens is 1. The average molecular weight is 269 g/mol. The van der Waals surface area contributed by atoms with Crippen molar-refractivity contribution >= 4 is 28.0 Å². The Bertz CT molecular complexity index is 702. The quantitative estimate of drug-likeness (QED) is 0.680. The minimum atomic E-state index is -0.0112. The number of ketones is 1. The summed E-state index contributed by atoms with van der Waals surface area (Å²) in [5.74, 6) is 0.631. The van der Waals surface area contributed by atoms with Gasteiger partial charge in [0.2, 0.25) is 5.78 Å². The van der Waals surface area contributed by atoms with Crippen molar-refractivity contribution in [2.24, 2.45) is 0 Å². The number of para-hydroxylation sites is 1. The number of rotatable bonds is 4. The zero-order valence-electron chi connectivity index (χ0n) is 10.1. The maximum absolute atomic E-state index is 11.9. The van der Waals surface area contributed by atoms with Gasteiger partial charge in [0.25, 0.3) is 0 Å². The molecule has 2 aromatic heterocycles. The minimum absolute atomic E-state index is 0.0112. The first kappa shape index (κ1) is 11.9. The number of carbonyl (C=O) groups excluding carboxylic acids is 1. The lowest BCUT2D eigenvalue weighted by atomic mass is 10.2. The molecule has 0 aliphatic heterocycles. The van der Waals surface area contributed by atoms with Crippen molar-refractivity contribution in [3.05, 3.63) is 58.9 Å². The highest BCUT2D eigenvalue weighted by molar-refractivity contribution is 7.12. The highest BCUT2D eigenvalue weighted by atomic mass is 32.1. The minimum Gasteiger partial charge on any atom is -0.483 e. The van der Waals surface area contributed by atoms with Crippen molar-refractivity contribution in [2.45, 2.75) is 0 Å². The summed E-state index contributed by atoms with van der Waals surface area (Å²) in [6, 6.07) is 13.2. The topological polar surface area (TPSA) is 39.2 Å². The second-order valence-electron chi connectivity index (χ2n) is 4.02. The average Bonchev–Trinajstić information content (AvgIpc) is 2.99. The first-order valence-electron chi connectivity index (χ1n) is 5.88. The molecule has 4 heteroatoms. The monoisotopic (exact) mass is 269 g/mol. The summed E-state index contributed by atoms with van der Waals surface area (Å²) in [6.07, 6.45) is 1.72. The molecule has 0 aliphatic carbocycles. The van der Waals surface area contributed by atoms with E-state index in [1.807, 2.05) is 41.8 Å². The van der Waals surface area contributed by atoms with E-state index >= 15 is 0 Å². The van der Waals surface area contributed by atoms with Gasteiger partial charge in [0.1, 0.15) is 11.3 Å². The fourth-order valence-electron chi connectivity index (χ4n) is 1.84. The number of benzene rings is 1. The van der Waals surface area contributed by atoms with Gasteiger partial charge in [-0.2, -0.15) is 0 Å². The van der Waals surface area contributed by atoms with E-state index in [1.54, 1.807) is 12.3 Å². The van der Waals surface area contributed by atoms with Crippen molar-refractivity contribution < 1.29 is 9.53 Å². The van der Waals surface area contributed by atoms with E-state index in [4.69, 9.17) is 4.74 Å². The maximum atomic E-state index is 11.9. The van der Waals surface area contributed by atoms with Gasteiger partial charge in [0.15, 0.2) is 6.61 Å². The lowest BCUT2D eigenvalue weighted by Gasteiger charge is -2.07. The van der Waals surface area contributed by atoms with E-state index in [-0.39, 0.29) is 12.4 Å². The molecule has 1 aromatic carbocycles. The Morgan fingerprint density at radius 1 is 1.16 bits per heavy atom. The Labute approximate surface area is 114 Å². The third-order valence-corrected chi connectivity index (χ3v) is 3.66. The van der Waals surface area contributed by atoms with Gasteiger partial charge >= 0.3 is 0 Å². The van der Waals surface area contributed by atoms with Crippen LogP contribution >= 0.6 is 11.3 Å². The summed E-state index contributed by atoms with van der Waals surface area (Å²) in [6.45, 7) is 0.0379. The molecule has 0 N–H and O–H groups in total. The Kier molecular flexibility index (Phi) is 3.25. The molecule has 0 saturated heterocycles. The highest BCUT2D eigenvalue weighted by Gasteiger charge is 2.09. The zero-order chi connectivity index (χ0) is 13.1. The fraction of sp³-hybridized carbons (Fsp3) is 0.0667. The molecule has 0 fully saturated rings. The smallest absolute Gasteiger partial charge is 0.210 e. The number of pyridine rings is 1. The zero-order valence-corrected chi connectivity index (χ0v) is 10.9. The Morgan fingerprint density at radius 2 is 2.05 bits per heavy atom. The van der Waals surface area contributed by atoms with Crippen LogP contribution in [0.2, 0.25) is 0 Å². The van der Waals surface area contributed by atoms with Crippen molar-refractivity contribution in [2.75, 3.05) is 6.61 Å². The molecule has 3 nitrogen and oxygen atoms in total. The van der Waals surface area contributed by atoms with Gasteiger partial charge in [-0.05, 0) is 23.6 Å². The number of ether oxygens (including phenoxy) is 1. The summed E-state index contributed by atoms with van der Waals surface area (Å²) in [7, 11) is 0. The molecule has 19 heavy (non-hydrogen) atoms. The van der Waals surface area contributed by atoms with E-state index in [1.165, 1.54) is 11.3 Å². The van der Waals surface area contributed by atoms with Gasteiger partial charge in [0, 0.05) is 11.6 Å². The lowest BCUT2D eigenvalue weighted by molar-refractivity contribution is 0.0926. The second kappa shape index (κ2) is 5.20. The summed E-state index contributed by atoms with van der Waals surface area (Å²) in [4.78, 5) is 16.9. The van der Waals surface area contributed by atoms with Crippen molar-refractivity contribution in [3.8, 4) is 5.75 Å². The molecule has 3 aromatic rings. The number of hydrogen-bond donors (Lipinski definition) is 0. The molecule has 0 aliphatic rings. The van der Waals surface area contributed by atoms with Gasteiger partial charge in [-0.25, -0.2) is 0 Å². The van der Waals surface area contributed by atoms with E-state index in [0.29, 0.717) is 10.6 Å². The molecule has 0 atom stereocenters. The van der Waals surface area contributed by atoms with E-state index in [9.17, 15) is 4.79 Å². The van der Waals surface area contributed by atoms with Gasteiger partial charge in [-0.1, -0.05) is 24.3 Å². The largest absolute Gasteiger partial charge is 0.483 e. The summed E-state index contributed by atoms with van der Waals surface area (Å²) < 4.78 is 5.60. The Morgan fingerprint density at radius 3 is 2.89 bits per heavy atom. The molecule has 0 saturated carbocycles. The van der Waals surface area contributed by atoms with Crippen LogP contribution in [0.5, 0.6) is 5.75 Å². The summed E-state index contributed by atoms with van der Waals surface area (Å²) >= 11 is 1.42. The van der Waals surface area contributed by atoms with Crippen LogP contribution in [0.1, 0.15) is 9.67 Å². The van der Waals surface area contributed by atoms with E-state index in [0.717, 1.165) is 10.9 Å². The van der Waals surface area contributed by atoms with Crippen LogP contribution in [0.15, 0.2) is 54.0 Å². The molecule has 3 rings (SSSR count). The SMILES string of the molecule is O=C(COc1cccc2cccnc12)c1cccs1. The second-order valence-corrected chi connectivity index (χ2v) is 4.97. The van der Waals surface area contributed by atoms with Crippen LogP contribution in [0, 0.1) is 0 Å². The summed E-state index contributed by atoms with van der Waals surface area (Å²) in [5, 5.41) is 2.88. The number of carbonyl (C=O) groups is 1. The van der Waals surface area contributed by atoms with Gasteiger partial charge in [-0.15, -0.1) is 11.3 Å². The molecule has 0 unspecified atom stereocenters. The van der Waals surface area contributed by atoms with Gasteiger partial charge < -0.3 is 4.74 Å². The molecule has 0 spiro atoms. The normalized spacial score (nSPS) is 10.5. The first-order chi connectivity index (χ1) is 9.34. The number of hydrogen-bond acceptors (Lipinski definition) is 4. The van der Waals surface area contributed by atoms with Crippen molar-refractivity contribution in [1.29, 1.82) is 0 Å². The van der Waals surface area contributed by atoms with E-state index < -0.39 is 0 Å². The maximum Gasteiger partial charge on any atom is 0.210 e. The number of nitrogens with zero attached hydrogens (tertiary/aromatic N) is 1. The van der Waals surface area contributed by atoms with Gasteiger partial charge in [-0.3, -0.25) is 9.78 Å². The van der Waals surface area contributed by atoms with E-state index in [2.05, 4.69) is 4.98 Å². The third kappa shape index (κ3) is 2.48. The van der Waals surface area contributed by atoms with Crippen molar-refractivity contribution in [1.82, 2.24) is 4.98 Å². The lowest BCUT2D eigenvalue weighted by Crippen LogP contribution is -2.10. The molecule has 94 valence electrons. The first-order valence-corrected chi connectivity index (χ1v) is 6.76. The summed E-state index contributed by atoms with van der Waals surface area (Å²) in [5.41, 5.74) is 0.781. The predicted octanol–water partition coefficient (Wildman–Crippen LogP) is 3.56. The highest BCUT2D eigenvalue weighted by Crippen LogP contribution is 2.23. The van der Waals surface area contributed by atoms with Crippen molar-refractivity contribution in [3.63, 3.8) is 0 Å². The van der Waals surface area contributed by atoms with Crippen LogP contribution in [0.3, 0.4) is 0 Å². The van der Waals surface area contributed by atoms with Crippen LogP contribution in [0.4, 0.5) is 0 Å². The molecule has 0 amide bonds. The molecule has 0 radical (unpaired) electrons. The van der Waals surface area contributed by atoms with Crippen LogP contribution < -0.4 is 4.74 Å². The number of fused-ring (bicyclic) bond motifs is 1. The fourth-order valence-corrected chi connectivity index (χ4v) is 2.50. The molecular weight excluding hydrogens is 258 g/mol. The van der Waals surface area contributed by atoms with Crippen LogP contribution in [0.25, 0.3) is 10.9 Å². The molecular formula is C15H11NO2S. The van der Waals surface area contributed by atoms with Crippen LogP contribution in [-0.2, 0) is 0 Å². The predicted molar refractivity (Wildman–Crippen MR) is 75.9 cm³/mol. The number of Topliss-reactive ketones (excluding diaryl/α,β-unsaturated/α-hetero) is 1. The Balaban J connectivity index is 1.81. The molecule has 0 bridgehead atoms. The third-order valence-electron chi connectivity index (χ3n) is 2.75. The van der Waals surface area contributed by atoms with Crippen LogP contribution in [-0.4, -0.2) is 17.4 Å². The number of thiophene rings is 1. The van der Waals surface area contributed by atoms with Gasteiger partial charge in [0.05, 0.1) is 4.88 Å². The molecule has 2 heterocycles.